The maximum absolute atomic E-state index is 6.63. The third-order valence-corrected chi connectivity index (χ3v) is 5.44. The van der Waals surface area contributed by atoms with E-state index in [9.17, 15) is 0 Å². The number of hydrogen-bond acceptors (Lipinski definition) is 4. The molecule has 0 aliphatic carbocycles. The summed E-state index contributed by atoms with van der Waals surface area (Å²) in [7, 11) is 1.67. The monoisotopic (exact) mass is 424 g/mol. The minimum Gasteiger partial charge on any atom is -0.485 e. The molecule has 1 aliphatic heterocycles. The van der Waals surface area contributed by atoms with Crippen LogP contribution >= 0.6 is 0 Å². The standard InChI is InChI=1S/C28H24O4/c1-29-19-22-17-25(30-20-21-11-5-2-6-12-21)27-26(18-22)31-28(32-27,23-13-7-3-8-14-23)24-15-9-4-10-16-24/h2-18H,19-20H2,1H3. The van der Waals surface area contributed by atoms with Gasteiger partial charge in [-0.1, -0.05) is 91.0 Å². The number of rotatable bonds is 7. The van der Waals surface area contributed by atoms with Crippen LogP contribution in [0.2, 0.25) is 0 Å². The maximum Gasteiger partial charge on any atom is 0.305 e. The average Bonchev–Trinajstić information content (AvgIpc) is 3.26. The second-order valence-electron chi connectivity index (χ2n) is 7.68. The fourth-order valence-corrected chi connectivity index (χ4v) is 3.94. The number of hydrogen-bond donors (Lipinski definition) is 0. The first kappa shape index (κ1) is 20.2. The summed E-state index contributed by atoms with van der Waals surface area (Å²) in [6.07, 6.45) is 0. The van der Waals surface area contributed by atoms with Gasteiger partial charge in [-0.05, 0) is 23.3 Å². The molecule has 0 amide bonds. The summed E-state index contributed by atoms with van der Waals surface area (Å²) in [6, 6.07) is 33.9. The zero-order valence-corrected chi connectivity index (χ0v) is 17.9. The quantitative estimate of drug-likeness (QED) is 0.360. The second kappa shape index (κ2) is 8.77. The summed E-state index contributed by atoms with van der Waals surface area (Å²) < 4.78 is 24.8. The molecule has 1 heterocycles. The van der Waals surface area contributed by atoms with Crippen molar-refractivity contribution in [2.75, 3.05) is 7.11 Å². The maximum atomic E-state index is 6.63. The Kier molecular flexibility index (Phi) is 5.53. The summed E-state index contributed by atoms with van der Waals surface area (Å²) >= 11 is 0. The van der Waals surface area contributed by atoms with Crippen LogP contribution in [0.25, 0.3) is 0 Å². The van der Waals surface area contributed by atoms with Gasteiger partial charge >= 0.3 is 5.79 Å². The molecule has 4 aromatic rings. The van der Waals surface area contributed by atoms with E-state index in [4.69, 9.17) is 18.9 Å². The van der Waals surface area contributed by atoms with Gasteiger partial charge in [0.15, 0.2) is 11.5 Å². The molecule has 4 aromatic carbocycles. The molecule has 5 rings (SSSR count). The van der Waals surface area contributed by atoms with Crippen molar-refractivity contribution in [3.05, 3.63) is 125 Å². The molecule has 0 N–H and O–H groups in total. The van der Waals surface area contributed by atoms with Crippen LogP contribution in [0, 0.1) is 0 Å². The fraction of sp³-hybridized carbons (Fsp3) is 0.143. The number of benzene rings is 4. The van der Waals surface area contributed by atoms with Crippen molar-refractivity contribution in [2.45, 2.75) is 19.0 Å². The van der Waals surface area contributed by atoms with E-state index in [0.717, 1.165) is 22.3 Å². The Labute approximate surface area is 188 Å². The Morgan fingerprint density at radius 2 is 1.25 bits per heavy atom. The lowest BCUT2D eigenvalue weighted by Gasteiger charge is -2.28. The van der Waals surface area contributed by atoms with E-state index >= 15 is 0 Å². The van der Waals surface area contributed by atoms with Crippen molar-refractivity contribution in [3.63, 3.8) is 0 Å². The molecule has 4 nitrogen and oxygen atoms in total. The number of fused-ring (bicyclic) bond motifs is 1. The van der Waals surface area contributed by atoms with E-state index in [0.29, 0.717) is 30.5 Å². The molecule has 4 heteroatoms. The van der Waals surface area contributed by atoms with Crippen molar-refractivity contribution >= 4 is 0 Å². The van der Waals surface area contributed by atoms with Gasteiger partial charge < -0.3 is 18.9 Å². The molecule has 160 valence electrons. The summed E-state index contributed by atoms with van der Waals surface area (Å²) in [5.41, 5.74) is 3.85. The molecule has 0 spiro atoms. The Balaban J connectivity index is 1.57. The Bertz CT molecular complexity index is 1130. The second-order valence-corrected chi connectivity index (χ2v) is 7.68. The molecule has 0 saturated carbocycles. The van der Waals surface area contributed by atoms with E-state index in [-0.39, 0.29) is 0 Å². The fourth-order valence-electron chi connectivity index (χ4n) is 3.94. The van der Waals surface area contributed by atoms with Gasteiger partial charge in [-0.15, -0.1) is 0 Å². The van der Waals surface area contributed by atoms with Gasteiger partial charge in [-0.25, -0.2) is 0 Å². The van der Waals surface area contributed by atoms with Crippen molar-refractivity contribution < 1.29 is 18.9 Å². The highest BCUT2D eigenvalue weighted by Gasteiger charge is 2.46. The third kappa shape index (κ3) is 3.81. The lowest BCUT2D eigenvalue weighted by Crippen LogP contribution is -2.36. The van der Waals surface area contributed by atoms with Gasteiger partial charge in [-0.2, -0.15) is 0 Å². The normalized spacial score (nSPS) is 13.7. The Hall–Kier alpha value is -3.76. The van der Waals surface area contributed by atoms with Crippen molar-refractivity contribution in [1.29, 1.82) is 0 Å². The summed E-state index contributed by atoms with van der Waals surface area (Å²) in [4.78, 5) is 0. The summed E-state index contributed by atoms with van der Waals surface area (Å²) in [6.45, 7) is 0.874. The summed E-state index contributed by atoms with van der Waals surface area (Å²) in [5, 5.41) is 0. The van der Waals surface area contributed by atoms with E-state index in [2.05, 4.69) is 0 Å². The minimum atomic E-state index is -1.10. The molecular formula is C28H24O4. The Morgan fingerprint density at radius 1 is 0.656 bits per heavy atom. The summed E-state index contributed by atoms with van der Waals surface area (Å²) in [5.74, 6) is 0.762. The molecule has 1 aliphatic rings. The van der Waals surface area contributed by atoms with Crippen LogP contribution in [0.5, 0.6) is 17.2 Å². The van der Waals surface area contributed by atoms with Crippen molar-refractivity contribution in [3.8, 4) is 17.2 Å². The van der Waals surface area contributed by atoms with Gasteiger partial charge in [0.25, 0.3) is 0 Å². The van der Waals surface area contributed by atoms with Crippen molar-refractivity contribution in [2.24, 2.45) is 0 Å². The van der Waals surface area contributed by atoms with Crippen LogP contribution in [0.4, 0.5) is 0 Å². The predicted molar refractivity (Wildman–Crippen MR) is 123 cm³/mol. The highest BCUT2D eigenvalue weighted by Crippen LogP contribution is 2.52. The molecule has 0 fully saturated rings. The van der Waals surface area contributed by atoms with Crippen LogP contribution in [0.3, 0.4) is 0 Å². The van der Waals surface area contributed by atoms with Crippen LogP contribution in [-0.2, 0) is 23.7 Å². The van der Waals surface area contributed by atoms with E-state index < -0.39 is 5.79 Å². The molecular weight excluding hydrogens is 400 g/mol. The van der Waals surface area contributed by atoms with Crippen molar-refractivity contribution in [1.82, 2.24) is 0 Å². The average molecular weight is 424 g/mol. The van der Waals surface area contributed by atoms with Gasteiger partial charge in [0.05, 0.1) is 6.61 Å². The molecule has 32 heavy (non-hydrogen) atoms. The van der Waals surface area contributed by atoms with E-state index in [1.807, 2.05) is 103 Å². The van der Waals surface area contributed by atoms with E-state index in [1.165, 1.54) is 0 Å². The highest BCUT2D eigenvalue weighted by atomic mass is 16.7. The van der Waals surface area contributed by atoms with Gasteiger partial charge in [0.1, 0.15) is 6.61 Å². The first-order chi connectivity index (χ1) is 15.8. The van der Waals surface area contributed by atoms with Crippen LogP contribution < -0.4 is 14.2 Å². The number of methoxy groups -OCH3 is 1. The smallest absolute Gasteiger partial charge is 0.305 e. The zero-order valence-electron chi connectivity index (χ0n) is 17.9. The predicted octanol–water partition coefficient (Wildman–Crippen LogP) is 6.08. The lowest BCUT2D eigenvalue weighted by atomic mass is 9.97. The van der Waals surface area contributed by atoms with Crippen LogP contribution in [0.1, 0.15) is 22.3 Å². The first-order valence-electron chi connectivity index (χ1n) is 10.6. The van der Waals surface area contributed by atoms with Crippen LogP contribution in [0.15, 0.2) is 103 Å². The molecule has 0 saturated heterocycles. The first-order valence-corrected chi connectivity index (χ1v) is 10.6. The van der Waals surface area contributed by atoms with Gasteiger partial charge in [0.2, 0.25) is 5.75 Å². The molecule has 0 atom stereocenters. The molecule has 0 radical (unpaired) electrons. The lowest BCUT2D eigenvalue weighted by molar-refractivity contribution is -0.0469. The third-order valence-electron chi connectivity index (χ3n) is 5.44. The zero-order chi connectivity index (χ0) is 21.8. The Morgan fingerprint density at radius 3 is 1.84 bits per heavy atom. The topological polar surface area (TPSA) is 36.9 Å². The van der Waals surface area contributed by atoms with Gasteiger partial charge in [0, 0.05) is 18.2 Å². The largest absolute Gasteiger partial charge is 0.485 e. The SMILES string of the molecule is COCc1cc(OCc2ccccc2)c2c(c1)OC(c1ccccc1)(c1ccccc1)O2. The minimum absolute atomic E-state index is 0.427. The highest BCUT2D eigenvalue weighted by molar-refractivity contribution is 5.58. The number of ether oxygens (including phenoxy) is 4. The molecule has 0 bridgehead atoms. The molecule has 0 aromatic heterocycles. The van der Waals surface area contributed by atoms with E-state index in [1.54, 1.807) is 7.11 Å². The molecule has 0 unspecified atom stereocenters. The van der Waals surface area contributed by atoms with Gasteiger partial charge in [-0.3, -0.25) is 0 Å². The van der Waals surface area contributed by atoms with Crippen LogP contribution in [-0.4, -0.2) is 7.11 Å².